The first kappa shape index (κ1) is 13.0. The second-order valence-corrected chi connectivity index (χ2v) is 5.09. The van der Waals surface area contributed by atoms with E-state index in [0.717, 1.165) is 0 Å². The van der Waals surface area contributed by atoms with Gasteiger partial charge in [-0.3, -0.25) is 9.59 Å². The van der Waals surface area contributed by atoms with Crippen LogP contribution in [0.4, 0.5) is 5.69 Å². The molecule has 1 aliphatic rings. The van der Waals surface area contributed by atoms with Crippen molar-refractivity contribution in [2.75, 3.05) is 11.9 Å². The average Bonchev–Trinajstić information content (AvgIpc) is 2.36. The molecule has 6 heteroatoms. The molecule has 1 aliphatic heterocycles. The zero-order valence-corrected chi connectivity index (χ0v) is 11.2. The van der Waals surface area contributed by atoms with Crippen molar-refractivity contribution in [2.45, 2.75) is 26.9 Å². The number of anilines is 1. The number of allylic oxidation sites excluding steroid dienone is 2. The van der Waals surface area contributed by atoms with Gasteiger partial charge in [-0.25, -0.2) is 9.36 Å². The smallest absolute Gasteiger partial charge is 0.290 e. The van der Waals surface area contributed by atoms with Crippen molar-refractivity contribution in [1.82, 2.24) is 9.36 Å². The molecule has 0 aromatic carbocycles. The van der Waals surface area contributed by atoms with Crippen LogP contribution in [-0.2, 0) is 13.1 Å². The fourth-order valence-corrected chi connectivity index (χ4v) is 2.08. The Balaban J connectivity index is 2.52. The number of aromatic nitrogens is 2. The molecule has 2 rings (SSSR count). The standard InChI is InChI=1S/C12H16ClN3O2/c1-8(2)7-14-10-9(13)11(17)15-5-3-4-6-16(15)12(10)18/h3-4,8,14H,5-7H2,1-2H3. The molecular formula is C12H16ClN3O2. The molecule has 0 radical (unpaired) electrons. The highest BCUT2D eigenvalue weighted by Gasteiger charge is 2.18. The SMILES string of the molecule is CC(C)CNc1c(Cl)c(=O)n2n(c1=O)CC=CC2. The highest BCUT2D eigenvalue weighted by Crippen LogP contribution is 2.13. The van der Waals surface area contributed by atoms with E-state index in [-0.39, 0.29) is 21.8 Å². The number of nitrogens with one attached hydrogen (secondary N) is 1. The largest absolute Gasteiger partial charge is 0.379 e. The van der Waals surface area contributed by atoms with Gasteiger partial charge in [0, 0.05) is 6.54 Å². The molecule has 1 N–H and O–H groups in total. The summed E-state index contributed by atoms with van der Waals surface area (Å²) in [7, 11) is 0. The van der Waals surface area contributed by atoms with Gasteiger partial charge in [0.15, 0.2) is 0 Å². The van der Waals surface area contributed by atoms with Crippen LogP contribution in [-0.4, -0.2) is 15.9 Å². The maximum absolute atomic E-state index is 12.2. The minimum Gasteiger partial charge on any atom is -0.379 e. The van der Waals surface area contributed by atoms with Gasteiger partial charge >= 0.3 is 0 Å². The summed E-state index contributed by atoms with van der Waals surface area (Å²) in [6.45, 7) is 5.44. The van der Waals surface area contributed by atoms with E-state index in [2.05, 4.69) is 5.32 Å². The maximum atomic E-state index is 12.2. The van der Waals surface area contributed by atoms with Gasteiger partial charge in [-0.2, -0.15) is 0 Å². The molecule has 1 aromatic rings. The van der Waals surface area contributed by atoms with E-state index in [1.807, 2.05) is 26.0 Å². The third-order valence-electron chi connectivity index (χ3n) is 2.79. The van der Waals surface area contributed by atoms with Crippen molar-refractivity contribution in [3.63, 3.8) is 0 Å². The molecule has 0 atom stereocenters. The molecule has 0 aliphatic carbocycles. The molecule has 0 saturated heterocycles. The van der Waals surface area contributed by atoms with Gasteiger partial charge in [0.05, 0.1) is 13.1 Å². The third kappa shape index (κ3) is 2.22. The zero-order valence-electron chi connectivity index (χ0n) is 10.4. The van der Waals surface area contributed by atoms with Crippen LogP contribution in [0.1, 0.15) is 13.8 Å². The summed E-state index contributed by atoms with van der Waals surface area (Å²) >= 11 is 5.99. The highest BCUT2D eigenvalue weighted by molar-refractivity contribution is 6.32. The molecule has 0 spiro atoms. The van der Waals surface area contributed by atoms with Gasteiger partial charge < -0.3 is 5.32 Å². The molecule has 0 bridgehead atoms. The van der Waals surface area contributed by atoms with Crippen LogP contribution in [0.5, 0.6) is 0 Å². The first-order chi connectivity index (χ1) is 8.52. The van der Waals surface area contributed by atoms with Crippen molar-refractivity contribution < 1.29 is 0 Å². The van der Waals surface area contributed by atoms with E-state index < -0.39 is 0 Å². The van der Waals surface area contributed by atoms with Crippen molar-refractivity contribution in [1.29, 1.82) is 0 Å². The normalized spacial score (nSPS) is 13.8. The summed E-state index contributed by atoms with van der Waals surface area (Å²) < 4.78 is 2.78. The number of halogens is 1. The van der Waals surface area contributed by atoms with E-state index in [1.54, 1.807) is 0 Å². The number of fused-ring (bicyclic) bond motifs is 1. The molecule has 0 saturated carbocycles. The Labute approximate surface area is 110 Å². The molecule has 18 heavy (non-hydrogen) atoms. The molecule has 0 amide bonds. The van der Waals surface area contributed by atoms with Gasteiger partial charge in [-0.1, -0.05) is 37.6 Å². The Kier molecular flexibility index (Phi) is 3.61. The monoisotopic (exact) mass is 269 g/mol. The Morgan fingerprint density at radius 1 is 1.22 bits per heavy atom. The molecule has 0 fully saturated rings. The quantitative estimate of drug-likeness (QED) is 0.842. The summed E-state index contributed by atoms with van der Waals surface area (Å²) in [6.07, 6.45) is 3.71. The van der Waals surface area contributed by atoms with Gasteiger partial charge in [0.25, 0.3) is 11.1 Å². The van der Waals surface area contributed by atoms with Crippen LogP contribution in [0.2, 0.25) is 5.02 Å². The van der Waals surface area contributed by atoms with Crippen LogP contribution >= 0.6 is 11.6 Å². The summed E-state index contributed by atoms with van der Waals surface area (Å²) in [5, 5.41) is 2.95. The Hall–Kier alpha value is -1.49. The summed E-state index contributed by atoms with van der Waals surface area (Å²) in [5.41, 5.74) is -0.363. The average molecular weight is 270 g/mol. The fourth-order valence-electron chi connectivity index (χ4n) is 1.83. The van der Waals surface area contributed by atoms with E-state index in [9.17, 15) is 9.59 Å². The summed E-state index contributed by atoms with van der Waals surface area (Å²) in [5.74, 6) is 0.365. The Bertz CT molecular complexity index is 599. The van der Waals surface area contributed by atoms with Crippen LogP contribution < -0.4 is 16.4 Å². The summed E-state index contributed by atoms with van der Waals surface area (Å²) in [6, 6.07) is 0. The van der Waals surface area contributed by atoms with E-state index in [0.29, 0.717) is 25.6 Å². The minimum atomic E-state index is -0.327. The van der Waals surface area contributed by atoms with Crippen LogP contribution in [0.15, 0.2) is 21.7 Å². The molecule has 0 unspecified atom stereocenters. The first-order valence-corrected chi connectivity index (χ1v) is 6.32. The lowest BCUT2D eigenvalue weighted by atomic mass is 10.2. The van der Waals surface area contributed by atoms with Crippen LogP contribution in [0, 0.1) is 5.92 Å². The second-order valence-electron chi connectivity index (χ2n) is 4.71. The number of hydrogen-bond donors (Lipinski definition) is 1. The predicted molar refractivity (Wildman–Crippen MR) is 72.4 cm³/mol. The second kappa shape index (κ2) is 5.02. The Morgan fingerprint density at radius 3 is 2.33 bits per heavy atom. The lowest BCUT2D eigenvalue weighted by Crippen LogP contribution is -2.41. The van der Waals surface area contributed by atoms with Crippen molar-refractivity contribution in [3.05, 3.63) is 37.9 Å². The van der Waals surface area contributed by atoms with Gasteiger partial charge in [-0.15, -0.1) is 0 Å². The van der Waals surface area contributed by atoms with Crippen molar-refractivity contribution in [2.24, 2.45) is 5.92 Å². The van der Waals surface area contributed by atoms with Crippen molar-refractivity contribution in [3.8, 4) is 0 Å². The number of nitrogens with zero attached hydrogens (tertiary/aromatic N) is 2. The first-order valence-electron chi connectivity index (χ1n) is 5.94. The zero-order chi connectivity index (χ0) is 13.3. The molecule has 2 heterocycles. The third-order valence-corrected chi connectivity index (χ3v) is 3.14. The lowest BCUT2D eigenvalue weighted by Gasteiger charge is -2.19. The minimum absolute atomic E-state index is 0.0211. The van der Waals surface area contributed by atoms with Crippen molar-refractivity contribution >= 4 is 17.3 Å². The molecule has 5 nitrogen and oxygen atoms in total. The topological polar surface area (TPSA) is 56.0 Å². The Morgan fingerprint density at radius 2 is 1.78 bits per heavy atom. The van der Waals surface area contributed by atoms with Gasteiger partial charge in [0.1, 0.15) is 10.7 Å². The molecular weight excluding hydrogens is 254 g/mol. The lowest BCUT2D eigenvalue weighted by molar-refractivity contribution is 0.458. The van der Waals surface area contributed by atoms with E-state index in [1.165, 1.54) is 9.36 Å². The highest BCUT2D eigenvalue weighted by atomic mass is 35.5. The maximum Gasteiger partial charge on any atom is 0.290 e. The molecule has 1 aromatic heterocycles. The van der Waals surface area contributed by atoms with Crippen LogP contribution in [0.3, 0.4) is 0 Å². The number of hydrogen-bond acceptors (Lipinski definition) is 3. The molecule has 98 valence electrons. The number of rotatable bonds is 3. The van der Waals surface area contributed by atoms with E-state index in [4.69, 9.17) is 11.6 Å². The predicted octanol–water partition coefficient (Wildman–Crippen LogP) is 1.30. The van der Waals surface area contributed by atoms with E-state index >= 15 is 0 Å². The van der Waals surface area contributed by atoms with Gasteiger partial charge in [-0.05, 0) is 5.92 Å². The summed E-state index contributed by atoms with van der Waals surface area (Å²) in [4.78, 5) is 24.3. The van der Waals surface area contributed by atoms with Crippen LogP contribution in [0.25, 0.3) is 0 Å². The fraction of sp³-hybridized carbons (Fsp3) is 0.500. The van der Waals surface area contributed by atoms with Gasteiger partial charge in [0.2, 0.25) is 0 Å².